The van der Waals surface area contributed by atoms with E-state index in [1.165, 1.54) is 44.1 Å². The highest BCUT2D eigenvalue weighted by molar-refractivity contribution is 5.91. The Morgan fingerprint density at radius 1 is 1.08 bits per heavy atom. The van der Waals surface area contributed by atoms with Gasteiger partial charge in [-0.15, -0.1) is 0 Å². The molecule has 0 radical (unpaired) electrons. The second-order valence-electron chi connectivity index (χ2n) is 14.5. The molecule has 0 unspecified atom stereocenters. The van der Waals surface area contributed by atoms with Crippen LogP contribution in [0.1, 0.15) is 112 Å². The normalized spacial score (nSPS) is 36.8. The number of carbonyl (C=O) groups excluding carboxylic acids is 2. The van der Waals surface area contributed by atoms with Crippen molar-refractivity contribution in [1.29, 1.82) is 0 Å². The fourth-order valence-corrected chi connectivity index (χ4v) is 9.70. The zero-order valence-corrected chi connectivity index (χ0v) is 25.3. The summed E-state index contributed by atoms with van der Waals surface area (Å²) in [7, 11) is 0. The first-order chi connectivity index (χ1) is 18.6. The van der Waals surface area contributed by atoms with Crippen LogP contribution in [0.2, 0.25) is 0 Å². The van der Waals surface area contributed by atoms with Crippen molar-refractivity contribution in [2.45, 2.75) is 118 Å². The van der Waals surface area contributed by atoms with Crippen LogP contribution in [-0.2, 0) is 9.63 Å². The van der Waals surface area contributed by atoms with Gasteiger partial charge in [0.2, 0.25) is 0 Å². The van der Waals surface area contributed by atoms with Crippen molar-refractivity contribution in [2.24, 2.45) is 45.6 Å². The molecule has 1 amide bonds. The molecule has 5 aliphatic rings. The number of nitrogens with zero attached hydrogens (tertiary/aromatic N) is 2. The Kier molecular flexibility index (Phi) is 8.62. The Morgan fingerprint density at radius 3 is 2.59 bits per heavy atom. The van der Waals surface area contributed by atoms with E-state index in [0.717, 1.165) is 63.2 Å². The number of fused-ring (bicyclic) bond motifs is 5. The summed E-state index contributed by atoms with van der Waals surface area (Å²) in [6, 6.07) is 0.277. The van der Waals surface area contributed by atoms with E-state index in [1.807, 2.05) is 11.0 Å². The first-order valence-electron chi connectivity index (χ1n) is 16.1. The van der Waals surface area contributed by atoms with Gasteiger partial charge in [0.1, 0.15) is 0 Å². The molecule has 5 aliphatic carbocycles. The van der Waals surface area contributed by atoms with Gasteiger partial charge in [-0.1, -0.05) is 51.3 Å². The molecule has 0 aromatic rings. The van der Waals surface area contributed by atoms with Crippen molar-refractivity contribution in [2.75, 3.05) is 19.6 Å². The molecule has 0 saturated heterocycles. The fraction of sp³-hybridized carbons (Fsp3) is 0.848. The highest BCUT2D eigenvalue weighted by Gasteiger charge is 2.59. The third kappa shape index (κ3) is 5.61. The second-order valence-corrected chi connectivity index (χ2v) is 14.5. The third-order valence-corrected chi connectivity index (χ3v) is 11.8. The number of carbonyl (C=O) groups is 2. The van der Waals surface area contributed by atoms with Crippen LogP contribution < -0.4 is 5.32 Å². The van der Waals surface area contributed by atoms with Crippen LogP contribution in [-0.4, -0.2) is 48.2 Å². The average molecular weight is 540 g/mol. The number of ketones is 1. The standard InChI is InChI=1S/C33H53N3O3/c1-22(2)21-34-18-19-36(25-8-6-7-9-25)31(38)39-35-23(3)28-12-13-29-27-11-10-24-20-26(37)14-16-32(24,4)30(27)15-17-33(28,29)5/h20,22,25,27-30,34H,6-19,21H2,1-5H3/b35-23+/t27-,28+,29-,30-,32-,33+/m0/s1. The predicted molar refractivity (Wildman–Crippen MR) is 156 cm³/mol. The van der Waals surface area contributed by atoms with Crippen LogP contribution in [0.4, 0.5) is 4.79 Å². The van der Waals surface area contributed by atoms with E-state index in [4.69, 9.17) is 4.84 Å². The third-order valence-electron chi connectivity index (χ3n) is 11.8. The summed E-state index contributed by atoms with van der Waals surface area (Å²) in [6.07, 6.45) is 15.1. The summed E-state index contributed by atoms with van der Waals surface area (Å²) in [5.74, 6) is 3.43. The van der Waals surface area contributed by atoms with E-state index in [0.29, 0.717) is 36.0 Å². The summed E-state index contributed by atoms with van der Waals surface area (Å²) >= 11 is 0. The number of allylic oxidation sites excluding steroid dienone is 1. The maximum Gasteiger partial charge on any atom is 0.436 e. The summed E-state index contributed by atoms with van der Waals surface area (Å²) in [5, 5.41) is 8.02. The molecule has 4 saturated carbocycles. The Balaban J connectivity index is 1.24. The SMILES string of the molecule is C/C(=N\OC(=O)N(CCNCC(C)C)C1CCCC1)[C@H]1CC[C@H]2[C@@H]3CCC4=CC(=O)CC[C@]4(C)[C@H]3CC[C@]12C. The van der Waals surface area contributed by atoms with Crippen molar-refractivity contribution in [3.05, 3.63) is 11.6 Å². The van der Waals surface area contributed by atoms with Crippen molar-refractivity contribution < 1.29 is 14.4 Å². The summed E-state index contributed by atoms with van der Waals surface area (Å²) in [6.45, 7) is 13.9. The van der Waals surface area contributed by atoms with Crippen molar-refractivity contribution >= 4 is 17.6 Å². The van der Waals surface area contributed by atoms with Crippen molar-refractivity contribution in [3.63, 3.8) is 0 Å². The van der Waals surface area contributed by atoms with Gasteiger partial charge in [0, 0.05) is 31.5 Å². The quantitative estimate of drug-likeness (QED) is 0.154. The molecule has 6 heteroatoms. The number of nitrogens with one attached hydrogen (secondary N) is 1. The largest absolute Gasteiger partial charge is 0.436 e. The van der Waals surface area contributed by atoms with Crippen LogP contribution in [0.15, 0.2) is 16.8 Å². The fourth-order valence-electron chi connectivity index (χ4n) is 9.70. The van der Waals surface area contributed by atoms with Crippen molar-refractivity contribution in [3.8, 4) is 0 Å². The van der Waals surface area contributed by atoms with Gasteiger partial charge in [-0.25, -0.2) is 4.79 Å². The average Bonchev–Trinajstić information content (AvgIpc) is 3.55. The molecule has 5 rings (SSSR count). The molecular formula is C33H53N3O3. The zero-order chi connectivity index (χ0) is 27.8. The van der Waals surface area contributed by atoms with Crippen LogP contribution in [0.5, 0.6) is 0 Å². The van der Waals surface area contributed by atoms with Crippen LogP contribution >= 0.6 is 0 Å². The Hall–Kier alpha value is -1.69. The van der Waals surface area contributed by atoms with Crippen LogP contribution in [0.25, 0.3) is 0 Å². The lowest BCUT2D eigenvalue weighted by Crippen LogP contribution is -2.51. The minimum Gasteiger partial charge on any atom is -0.315 e. The molecule has 0 spiro atoms. The monoisotopic (exact) mass is 539 g/mol. The molecule has 6 nitrogen and oxygen atoms in total. The number of rotatable bonds is 8. The zero-order valence-electron chi connectivity index (χ0n) is 25.3. The van der Waals surface area contributed by atoms with Crippen LogP contribution in [0, 0.1) is 40.4 Å². The lowest BCUT2D eigenvalue weighted by atomic mass is 9.46. The van der Waals surface area contributed by atoms with Gasteiger partial charge in [-0.3, -0.25) is 9.63 Å². The van der Waals surface area contributed by atoms with Gasteiger partial charge in [-0.05, 0) is 112 Å². The first kappa shape index (κ1) is 28.8. The number of hydrogen-bond acceptors (Lipinski definition) is 5. The Bertz CT molecular complexity index is 983. The molecular weight excluding hydrogens is 486 g/mol. The number of oxime groups is 1. The number of hydrogen-bond donors (Lipinski definition) is 1. The van der Waals surface area contributed by atoms with Gasteiger partial charge in [0.05, 0.1) is 5.71 Å². The highest BCUT2D eigenvalue weighted by Crippen LogP contribution is 2.66. The predicted octanol–water partition coefficient (Wildman–Crippen LogP) is 7.14. The molecule has 0 aromatic heterocycles. The summed E-state index contributed by atoms with van der Waals surface area (Å²) < 4.78 is 0. The molecule has 0 bridgehead atoms. The van der Waals surface area contributed by atoms with Gasteiger partial charge >= 0.3 is 6.09 Å². The minimum absolute atomic E-state index is 0.211. The molecule has 4 fully saturated rings. The van der Waals surface area contributed by atoms with Crippen molar-refractivity contribution in [1.82, 2.24) is 10.2 Å². The topological polar surface area (TPSA) is 71.0 Å². The molecule has 6 atom stereocenters. The lowest BCUT2D eigenvalue weighted by Gasteiger charge is -2.58. The molecule has 39 heavy (non-hydrogen) atoms. The van der Waals surface area contributed by atoms with Gasteiger partial charge in [0.15, 0.2) is 5.78 Å². The Labute approximate surface area is 236 Å². The minimum atomic E-state index is -0.276. The summed E-state index contributed by atoms with van der Waals surface area (Å²) in [5.41, 5.74) is 2.87. The molecule has 218 valence electrons. The van der Waals surface area contributed by atoms with E-state index in [9.17, 15) is 9.59 Å². The summed E-state index contributed by atoms with van der Waals surface area (Å²) in [4.78, 5) is 33.1. The Morgan fingerprint density at radius 2 is 1.85 bits per heavy atom. The number of amides is 1. The highest BCUT2D eigenvalue weighted by atomic mass is 16.7. The molecule has 1 N–H and O–H groups in total. The maximum absolute atomic E-state index is 13.3. The first-order valence-corrected chi connectivity index (χ1v) is 16.1. The van der Waals surface area contributed by atoms with E-state index in [2.05, 4.69) is 45.1 Å². The van der Waals surface area contributed by atoms with E-state index in [-0.39, 0.29) is 23.0 Å². The van der Waals surface area contributed by atoms with Crippen LogP contribution in [0.3, 0.4) is 0 Å². The van der Waals surface area contributed by atoms with Gasteiger partial charge < -0.3 is 10.2 Å². The second kappa shape index (κ2) is 11.7. The van der Waals surface area contributed by atoms with E-state index in [1.54, 1.807) is 0 Å². The molecule has 0 aromatic carbocycles. The van der Waals surface area contributed by atoms with E-state index < -0.39 is 0 Å². The van der Waals surface area contributed by atoms with Gasteiger partial charge in [0.25, 0.3) is 0 Å². The smallest absolute Gasteiger partial charge is 0.315 e. The van der Waals surface area contributed by atoms with Gasteiger partial charge in [-0.2, -0.15) is 0 Å². The molecule has 0 heterocycles. The maximum atomic E-state index is 13.3. The molecule has 0 aliphatic heterocycles. The lowest BCUT2D eigenvalue weighted by molar-refractivity contribution is -0.117. The van der Waals surface area contributed by atoms with E-state index >= 15 is 0 Å².